The van der Waals surface area contributed by atoms with Gasteiger partial charge < -0.3 is 19.8 Å². The fourth-order valence-corrected chi connectivity index (χ4v) is 3.86. The molecule has 1 fully saturated rings. The third kappa shape index (κ3) is 4.78. The third-order valence-corrected chi connectivity index (χ3v) is 5.56. The Labute approximate surface area is 198 Å². The minimum absolute atomic E-state index is 0.00113. The van der Waals surface area contributed by atoms with E-state index in [0.29, 0.717) is 23.7 Å². The fourth-order valence-electron chi connectivity index (χ4n) is 3.86. The van der Waals surface area contributed by atoms with Gasteiger partial charge in [-0.05, 0) is 53.4 Å². The zero-order valence-electron chi connectivity index (χ0n) is 19.0. The maximum atomic E-state index is 13.1. The molecule has 1 aromatic heterocycles. The van der Waals surface area contributed by atoms with Crippen molar-refractivity contribution in [3.63, 3.8) is 0 Å². The number of aromatic hydroxyl groups is 1. The molecular weight excluding hydrogens is 432 g/mol. The van der Waals surface area contributed by atoms with E-state index in [4.69, 9.17) is 4.74 Å². The van der Waals surface area contributed by atoms with Gasteiger partial charge in [0.15, 0.2) is 0 Å². The molecule has 4 rings (SSSR count). The Morgan fingerprint density at radius 2 is 1.65 bits per heavy atom. The number of ether oxygens (including phenoxy) is 1. The van der Waals surface area contributed by atoms with Crippen LogP contribution >= 0.6 is 0 Å². The number of amides is 1. The van der Waals surface area contributed by atoms with Gasteiger partial charge in [-0.25, -0.2) is 0 Å². The van der Waals surface area contributed by atoms with Crippen molar-refractivity contribution in [1.29, 1.82) is 0 Å². The van der Waals surface area contributed by atoms with Crippen molar-refractivity contribution < 1.29 is 24.5 Å². The van der Waals surface area contributed by atoms with Crippen molar-refractivity contribution in [2.24, 2.45) is 5.92 Å². The Morgan fingerprint density at radius 1 is 1.00 bits per heavy atom. The van der Waals surface area contributed by atoms with Crippen LogP contribution in [0, 0.1) is 5.92 Å². The van der Waals surface area contributed by atoms with Gasteiger partial charge in [-0.15, -0.1) is 0 Å². The zero-order valence-corrected chi connectivity index (χ0v) is 19.0. The lowest BCUT2D eigenvalue weighted by Gasteiger charge is -2.25. The number of aliphatic hydroxyl groups is 1. The minimum atomic E-state index is -0.814. The number of phenolic OH excluding ortho intramolecular Hbond substituents is 1. The van der Waals surface area contributed by atoms with Crippen molar-refractivity contribution >= 4 is 17.4 Å². The summed E-state index contributed by atoms with van der Waals surface area (Å²) in [6, 6.07) is 16.0. The van der Waals surface area contributed by atoms with Crippen molar-refractivity contribution in [3.8, 4) is 11.5 Å². The number of nitrogens with zero attached hydrogens (tertiary/aromatic N) is 2. The Hall–Kier alpha value is -4.13. The Morgan fingerprint density at radius 3 is 2.26 bits per heavy atom. The summed E-state index contributed by atoms with van der Waals surface area (Å²) >= 11 is 0. The Kier molecular flexibility index (Phi) is 6.63. The molecule has 0 bridgehead atoms. The van der Waals surface area contributed by atoms with E-state index >= 15 is 0 Å². The lowest BCUT2D eigenvalue weighted by molar-refractivity contribution is -0.140. The molecule has 0 spiro atoms. The molecule has 0 radical (unpaired) electrons. The number of pyridine rings is 1. The van der Waals surface area contributed by atoms with E-state index in [2.05, 4.69) is 18.8 Å². The molecule has 7 heteroatoms. The van der Waals surface area contributed by atoms with Crippen LogP contribution in [0.15, 0.2) is 78.6 Å². The van der Waals surface area contributed by atoms with Crippen LogP contribution in [-0.2, 0) is 16.1 Å². The fraction of sp³-hybridized carbons (Fsp3) is 0.222. The van der Waals surface area contributed by atoms with Crippen LogP contribution in [0.5, 0.6) is 11.5 Å². The van der Waals surface area contributed by atoms with E-state index in [0.717, 1.165) is 11.3 Å². The molecule has 2 aromatic carbocycles. The number of hydrogen-bond acceptors (Lipinski definition) is 6. The van der Waals surface area contributed by atoms with E-state index in [1.54, 1.807) is 24.3 Å². The molecule has 0 saturated carbocycles. The summed E-state index contributed by atoms with van der Waals surface area (Å²) in [7, 11) is 0. The normalized spacial score (nSPS) is 17.4. The van der Waals surface area contributed by atoms with E-state index < -0.39 is 17.7 Å². The standard InChI is InChI=1S/C27H26N2O5/c1-17(2)16-34-22-9-3-18(4-10-22)15-29-24(19-5-7-21(30)8-6-19)23(26(32)27(29)33)25(31)20-11-13-28-14-12-20/h3-14,17,24,30-31H,15-16H2,1-2H3/b25-23-. The molecule has 1 amide bonds. The maximum absolute atomic E-state index is 13.1. The van der Waals surface area contributed by atoms with Crippen LogP contribution in [0.3, 0.4) is 0 Å². The van der Waals surface area contributed by atoms with Gasteiger partial charge in [0, 0.05) is 24.5 Å². The lowest BCUT2D eigenvalue weighted by atomic mass is 9.95. The first kappa shape index (κ1) is 23.0. The van der Waals surface area contributed by atoms with E-state index in [1.165, 1.54) is 29.4 Å². The number of Topliss-reactive ketones (excluding diaryl/α,β-unsaturated/α-hetero) is 1. The van der Waals surface area contributed by atoms with Crippen LogP contribution in [0.4, 0.5) is 0 Å². The number of phenols is 1. The summed E-state index contributed by atoms with van der Waals surface area (Å²) in [5.41, 5.74) is 1.80. The van der Waals surface area contributed by atoms with Gasteiger partial charge in [-0.2, -0.15) is 0 Å². The number of aromatic nitrogens is 1. The number of likely N-dealkylation sites (tertiary alicyclic amines) is 1. The Bertz CT molecular complexity index is 1200. The van der Waals surface area contributed by atoms with Gasteiger partial charge in [0.25, 0.3) is 11.7 Å². The number of aliphatic hydroxyl groups excluding tert-OH is 1. The van der Waals surface area contributed by atoms with Gasteiger partial charge in [0.05, 0.1) is 18.2 Å². The molecule has 7 nitrogen and oxygen atoms in total. The molecule has 3 aromatic rings. The first-order valence-electron chi connectivity index (χ1n) is 11.0. The van der Waals surface area contributed by atoms with Crippen molar-refractivity contribution in [3.05, 3.63) is 95.3 Å². The Balaban J connectivity index is 1.71. The van der Waals surface area contributed by atoms with Crippen LogP contribution in [-0.4, -0.2) is 38.4 Å². The first-order chi connectivity index (χ1) is 16.3. The van der Waals surface area contributed by atoms with Gasteiger partial charge in [-0.1, -0.05) is 38.1 Å². The highest BCUT2D eigenvalue weighted by molar-refractivity contribution is 6.46. The summed E-state index contributed by atoms with van der Waals surface area (Å²) in [6.07, 6.45) is 3.01. The molecule has 1 atom stereocenters. The zero-order chi connectivity index (χ0) is 24.2. The van der Waals surface area contributed by atoms with Crippen LogP contribution in [0.2, 0.25) is 0 Å². The summed E-state index contributed by atoms with van der Waals surface area (Å²) in [6.45, 7) is 4.90. The predicted octanol–water partition coefficient (Wildman–Crippen LogP) is 4.44. The largest absolute Gasteiger partial charge is 0.508 e. The van der Waals surface area contributed by atoms with Crippen LogP contribution in [0.1, 0.15) is 36.6 Å². The molecular formula is C27H26N2O5. The summed E-state index contributed by atoms with van der Waals surface area (Å²) in [4.78, 5) is 31.6. The summed E-state index contributed by atoms with van der Waals surface area (Å²) in [5, 5.41) is 20.7. The lowest BCUT2D eigenvalue weighted by Crippen LogP contribution is -2.29. The maximum Gasteiger partial charge on any atom is 0.295 e. The molecule has 1 unspecified atom stereocenters. The number of rotatable bonds is 7. The second-order valence-electron chi connectivity index (χ2n) is 8.60. The molecule has 1 aliphatic rings. The quantitative estimate of drug-likeness (QED) is 0.308. The van der Waals surface area contributed by atoms with Gasteiger partial charge in [-0.3, -0.25) is 14.6 Å². The molecule has 1 saturated heterocycles. The highest BCUT2D eigenvalue weighted by atomic mass is 16.5. The number of hydrogen-bond donors (Lipinski definition) is 2. The third-order valence-electron chi connectivity index (χ3n) is 5.56. The van der Waals surface area contributed by atoms with E-state index in [-0.39, 0.29) is 23.6 Å². The van der Waals surface area contributed by atoms with Crippen molar-refractivity contribution in [2.45, 2.75) is 26.4 Å². The van der Waals surface area contributed by atoms with Gasteiger partial charge in [0.2, 0.25) is 0 Å². The van der Waals surface area contributed by atoms with Gasteiger partial charge >= 0.3 is 0 Å². The average molecular weight is 459 g/mol. The number of carbonyl (C=O) groups is 2. The molecule has 174 valence electrons. The molecule has 1 aliphatic heterocycles. The second-order valence-corrected chi connectivity index (χ2v) is 8.60. The van der Waals surface area contributed by atoms with E-state index in [9.17, 15) is 19.8 Å². The smallest absolute Gasteiger partial charge is 0.295 e. The van der Waals surface area contributed by atoms with Gasteiger partial charge in [0.1, 0.15) is 17.3 Å². The SMILES string of the molecule is CC(C)COc1ccc(CN2C(=O)C(=O)/C(=C(\O)c3ccncc3)C2c2ccc(O)cc2)cc1. The first-order valence-corrected chi connectivity index (χ1v) is 11.0. The highest BCUT2D eigenvalue weighted by Gasteiger charge is 2.46. The molecule has 0 aliphatic carbocycles. The summed E-state index contributed by atoms with van der Waals surface area (Å²) < 4.78 is 5.73. The van der Waals surface area contributed by atoms with Crippen molar-refractivity contribution in [2.75, 3.05) is 6.61 Å². The second kappa shape index (κ2) is 9.79. The number of ketones is 1. The average Bonchev–Trinajstić information content (AvgIpc) is 3.09. The molecule has 2 N–H and O–H groups in total. The minimum Gasteiger partial charge on any atom is -0.508 e. The number of carbonyl (C=O) groups excluding carboxylic acids is 2. The molecule has 34 heavy (non-hydrogen) atoms. The monoisotopic (exact) mass is 458 g/mol. The number of benzene rings is 2. The van der Waals surface area contributed by atoms with E-state index in [1.807, 2.05) is 24.3 Å². The summed E-state index contributed by atoms with van der Waals surface area (Å²) in [5.74, 6) is -0.534. The van der Waals surface area contributed by atoms with Crippen LogP contribution < -0.4 is 4.74 Å². The predicted molar refractivity (Wildman–Crippen MR) is 127 cm³/mol. The molecule has 2 heterocycles. The van der Waals surface area contributed by atoms with Crippen LogP contribution in [0.25, 0.3) is 5.76 Å². The highest BCUT2D eigenvalue weighted by Crippen LogP contribution is 2.40. The topological polar surface area (TPSA) is 100.0 Å². The van der Waals surface area contributed by atoms with Crippen molar-refractivity contribution in [1.82, 2.24) is 9.88 Å².